The average Bonchev–Trinajstić information content (AvgIpc) is 2.39. The molecule has 1 aliphatic carbocycles. The van der Waals surface area contributed by atoms with Gasteiger partial charge in [0.25, 0.3) is 0 Å². The lowest BCUT2D eigenvalue weighted by Gasteiger charge is -2.15. The van der Waals surface area contributed by atoms with Gasteiger partial charge in [-0.2, -0.15) is 0 Å². The van der Waals surface area contributed by atoms with Crippen LogP contribution in [-0.4, -0.2) is 9.97 Å². The molecule has 2 aromatic rings. The predicted octanol–water partition coefficient (Wildman–Crippen LogP) is 2.60. The topological polar surface area (TPSA) is 51.8 Å². The van der Waals surface area contributed by atoms with Crippen molar-refractivity contribution >= 4 is 5.69 Å². The van der Waals surface area contributed by atoms with Crippen LogP contribution in [0.5, 0.6) is 0 Å². The summed E-state index contributed by atoms with van der Waals surface area (Å²) < 4.78 is 0. The normalized spacial score (nSPS) is 14.4. The summed E-state index contributed by atoms with van der Waals surface area (Å²) >= 11 is 0. The van der Waals surface area contributed by atoms with Crippen LogP contribution in [0.15, 0.2) is 30.5 Å². The molecule has 0 spiro atoms. The summed E-state index contributed by atoms with van der Waals surface area (Å²) in [6.07, 6.45) is 6.62. The second-order valence-electron chi connectivity index (χ2n) is 4.46. The maximum atomic E-state index is 5.95. The van der Waals surface area contributed by atoms with E-state index in [9.17, 15) is 0 Å². The number of nitrogen functional groups attached to an aromatic ring is 1. The number of benzene rings is 1. The lowest BCUT2D eigenvalue weighted by Crippen LogP contribution is -2.07. The van der Waals surface area contributed by atoms with Crippen molar-refractivity contribution in [2.75, 3.05) is 5.73 Å². The third kappa shape index (κ3) is 1.88. The molecule has 0 atom stereocenters. The van der Waals surface area contributed by atoms with Crippen molar-refractivity contribution in [1.29, 1.82) is 0 Å². The highest BCUT2D eigenvalue weighted by atomic mass is 14.9. The number of para-hydroxylation sites is 1. The Kier molecular flexibility index (Phi) is 2.52. The summed E-state index contributed by atoms with van der Waals surface area (Å²) in [5.74, 6) is 0.753. The van der Waals surface area contributed by atoms with Gasteiger partial charge in [0.1, 0.15) is 0 Å². The largest absolute Gasteiger partial charge is 0.398 e. The Morgan fingerprint density at radius 3 is 2.76 bits per heavy atom. The van der Waals surface area contributed by atoms with Crippen molar-refractivity contribution in [1.82, 2.24) is 9.97 Å². The summed E-state index contributed by atoms with van der Waals surface area (Å²) in [6, 6.07) is 7.75. The number of hydrogen-bond acceptors (Lipinski definition) is 3. The number of anilines is 1. The van der Waals surface area contributed by atoms with Crippen molar-refractivity contribution in [3.05, 3.63) is 41.7 Å². The maximum Gasteiger partial charge on any atom is 0.161 e. The molecule has 1 aliphatic rings. The molecule has 1 aromatic carbocycles. The van der Waals surface area contributed by atoms with Crippen molar-refractivity contribution in [3.8, 4) is 11.4 Å². The average molecular weight is 225 g/mol. The Hall–Kier alpha value is -1.90. The molecular weight excluding hydrogens is 210 g/mol. The van der Waals surface area contributed by atoms with Gasteiger partial charge in [0.15, 0.2) is 5.82 Å². The molecule has 0 aliphatic heterocycles. The molecule has 17 heavy (non-hydrogen) atoms. The third-order valence-electron chi connectivity index (χ3n) is 3.27. The van der Waals surface area contributed by atoms with E-state index in [1.54, 1.807) is 0 Å². The molecule has 0 amide bonds. The summed E-state index contributed by atoms with van der Waals surface area (Å²) in [7, 11) is 0. The first kappa shape index (κ1) is 10.3. The summed E-state index contributed by atoms with van der Waals surface area (Å²) in [5, 5.41) is 0. The lowest BCUT2D eigenvalue weighted by molar-refractivity contribution is 0.663. The smallest absolute Gasteiger partial charge is 0.161 e. The van der Waals surface area contributed by atoms with E-state index in [-0.39, 0.29) is 0 Å². The van der Waals surface area contributed by atoms with Crippen LogP contribution in [0, 0.1) is 0 Å². The van der Waals surface area contributed by atoms with Crippen molar-refractivity contribution in [3.63, 3.8) is 0 Å². The number of rotatable bonds is 1. The number of aromatic nitrogens is 2. The Bertz CT molecular complexity index is 549. The van der Waals surface area contributed by atoms with Crippen LogP contribution < -0.4 is 5.73 Å². The van der Waals surface area contributed by atoms with E-state index in [1.807, 2.05) is 30.5 Å². The minimum atomic E-state index is 0.739. The number of nitrogens with zero attached hydrogens (tertiary/aromatic N) is 2. The lowest BCUT2D eigenvalue weighted by atomic mass is 9.97. The van der Waals surface area contributed by atoms with Gasteiger partial charge in [-0.25, -0.2) is 9.97 Å². The summed E-state index contributed by atoms with van der Waals surface area (Å²) in [6.45, 7) is 0. The molecule has 1 aromatic heterocycles. The molecule has 0 saturated heterocycles. The van der Waals surface area contributed by atoms with Crippen LogP contribution in [0.1, 0.15) is 24.1 Å². The molecular formula is C14H15N3. The second kappa shape index (κ2) is 4.17. The van der Waals surface area contributed by atoms with Gasteiger partial charge in [-0.3, -0.25) is 0 Å². The van der Waals surface area contributed by atoms with E-state index >= 15 is 0 Å². The van der Waals surface area contributed by atoms with Gasteiger partial charge in [-0.15, -0.1) is 0 Å². The SMILES string of the molecule is Nc1ccccc1-c1ncc2c(n1)CCCC2. The number of hydrogen-bond donors (Lipinski definition) is 1. The van der Waals surface area contributed by atoms with E-state index in [0.717, 1.165) is 29.9 Å². The van der Waals surface area contributed by atoms with E-state index in [4.69, 9.17) is 5.73 Å². The van der Waals surface area contributed by atoms with Crippen LogP contribution in [-0.2, 0) is 12.8 Å². The van der Waals surface area contributed by atoms with E-state index in [0.29, 0.717) is 0 Å². The maximum absolute atomic E-state index is 5.95. The van der Waals surface area contributed by atoms with Crippen molar-refractivity contribution < 1.29 is 0 Å². The first-order valence-corrected chi connectivity index (χ1v) is 6.04. The van der Waals surface area contributed by atoms with E-state index in [2.05, 4.69) is 9.97 Å². The standard InChI is InChI=1S/C14H15N3/c15-12-7-3-2-6-11(12)14-16-9-10-5-1-4-8-13(10)17-14/h2-3,6-7,9H,1,4-5,8,15H2. The molecule has 3 rings (SSSR count). The molecule has 0 radical (unpaired) electrons. The molecule has 0 unspecified atom stereocenters. The molecule has 3 heteroatoms. The molecule has 0 fully saturated rings. The minimum absolute atomic E-state index is 0.739. The highest BCUT2D eigenvalue weighted by molar-refractivity contribution is 5.71. The fraction of sp³-hybridized carbons (Fsp3) is 0.286. The quantitative estimate of drug-likeness (QED) is 0.759. The van der Waals surface area contributed by atoms with Gasteiger partial charge < -0.3 is 5.73 Å². The number of aryl methyl sites for hydroxylation is 2. The van der Waals surface area contributed by atoms with E-state index < -0.39 is 0 Å². The zero-order chi connectivity index (χ0) is 11.7. The Morgan fingerprint density at radius 2 is 1.88 bits per heavy atom. The fourth-order valence-electron chi connectivity index (χ4n) is 2.31. The summed E-state index contributed by atoms with van der Waals surface area (Å²) in [4.78, 5) is 9.09. The van der Waals surface area contributed by atoms with Gasteiger partial charge >= 0.3 is 0 Å². The second-order valence-corrected chi connectivity index (χ2v) is 4.46. The minimum Gasteiger partial charge on any atom is -0.398 e. The van der Waals surface area contributed by atoms with Crippen LogP contribution >= 0.6 is 0 Å². The highest BCUT2D eigenvalue weighted by Crippen LogP contribution is 2.25. The third-order valence-corrected chi connectivity index (χ3v) is 3.27. The van der Waals surface area contributed by atoms with Crippen molar-refractivity contribution in [2.24, 2.45) is 0 Å². The van der Waals surface area contributed by atoms with E-state index in [1.165, 1.54) is 24.1 Å². The Balaban J connectivity index is 2.07. The highest BCUT2D eigenvalue weighted by Gasteiger charge is 2.13. The monoisotopic (exact) mass is 225 g/mol. The van der Waals surface area contributed by atoms with Gasteiger partial charge in [-0.1, -0.05) is 12.1 Å². The van der Waals surface area contributed by atoms with Gasteiger partial charge in [-0.05, 0) is 43.4 Å². The number of nitrogens with two attached hydrogens (primary N) is 1. The van der Waals surface area contributed by atoms with Crippen LogP contribution in [0.3, 0.4) is 0 Å². The van der Waals surface area contributed by atoms with Crippen molar-refractivity contribution in [2.45, 2.75) is 25.7 Å². The first-order valence-electron chi connectivity index (χ1n) is 6.04. The summed E-state index contributed by atoms with van der Waals surface area (Å²) in [5.41, 5.74) is 10.1. The zero-order valence-electron chi connectivity index (χ0n) is 9.69. The van der Waals surface area contributed by atoms with Crippen LogP contribution in [0.2, 0.25) is 0 Å². The van der Waals surface area contributed by atoms with Crippen LogP contribution in [0.25, 0.3) is 11.4 Å². The van der Waals surface area contributed by atoms with Crippen LogP contribution in [0.4, 0.5) is 5.69 Å². The molecule has 2 N–H and O–H groups in total. The van der Waals surface area contributed by atoms with Gasteiger partial charge in [0, 0.05) is 23.1 Å². The molecule has 3 nitrogen and oxygen atoms in total. The molecule has 0 saturated carbocycles. The molecule has 0 bridgehead atoms. The van der Waals surface area contributed by atoms with Gasteiger partial charge in [0.2, 0.25) is 0 Å². The number of fused-ring (bicyclic) bond motifs is 1. The fourth-order valence-corrected chi connectivity index (χ4v) is 2.31. The Morgan fingerprint density at radius 1 is 1.06 bits per heavy atom. The molecule has 1 heterocycles. The Labute approximate surface area is 101 Å². The predicted molar refractivity (Wildman–Crippen MR) is 68.5 cm³/mol. The molecule has 86 valence electrons. The zero-order valence-corrected chi connectivity index (χ0v) is 9.69. The van der Waals surface area contributed by atoms with Gasteiger partial charge in [0.05, 0.1) is 0 Å². The first-order chi connectivity index (χ1) is 8.34.